The van der Waals surface area contributed by atoms with Gasteiger partial charge in [-0.25, -0.2) is 9.97 Å². The summed E-state index contributed by atoms with van der Waals surface area (Å²) < 4.78 is 4.45. The molecular formula is C16H11BrN8S2. The molecule has 27 heavy (non-hydrogen) atoms. The van der Waals surface area contributed by atoms with Gasteiger partial charge in [0, 0.05) is 24.8 Å². The van der Waals surface area contributed by atoms with E-state index in [-0.39, 0.29) is 0 Å². The standard InChI is InChI=1S/C8H5BrN4S.C8H6N4S/c1-10-6-4-13-5(9)3-11-7(13)8(12-6)14-2;1-9-6-5-12-4-3-10-7(12)8(11-6)13-2/h3-4H,2H3;3-5H,2H3. The average molecular weight is 459 g/mol. The van der Waals surface area contributed by atoms with Crippen LogP contribution in [0.2, 0.25) is 0 Å². The van der Waals surface area contributed by atoms with Crippen LogP contribution in [0.25, 0.3) is 21.0 Å². The number of hydrogen-bond donors (Lipinski definition) is 0. The van der Waals surface area contributed by atoms with Gasteiger partial charge < -0.3 is 14.1 Å². The van der Waals surface area contributed by atoms with Crippen molar-refractivity contribution in [2.45, 2.75) is 10.1 Å². The van der Waals surface area contributed by atoms with Gasteiger partial charge in [-0.05, 0) is 28.4 Å². The predicted molar refractivity (Wildman–Crippen MR) is 110 cm³/mol. The van der Waals surface area contributed by atoms with Gasteiger partial charge in [-0.1, -0.05) is 36.7 Å². The van der Waals surface area contributed by atoms with Crippen LogP contribution in [0.5, 0.6) is 0 Å². The minimum Gasteiger partial charge on any atom is -0.359 e. The number of imidazole rings is 2. The second-order valence-corrected chi connectivity index (χ2v) is 7.28. The second kappa shape index (κ2) is 8.39. The van der Waals surface area contributed by atoms with Crippen LogP contribution >= 0.6 is 39.5 Å². The van der Waals surface area contributed by atoms with E-state index in [1.54, 1.807) is 24.8 Å². The molecule has 0 radical (unpaired) electrons. The molecular weight excluding hydrogens is 448 g/mol. The van der Waals surface area contributed by atoms with Crippen LogP contribution in [-0.2, 0) is 0 Å². The molecule has 0 aliphatic carbocycles. The first kappa shape index (κ1) is 19.2. The van der Waals surface area contributed by atoms with E-state index in [0.29, 0.717) is 11.6 Å². The number of thioether (sulfide) groups is 2. The summed E-state index contributed by atoms with van der Waals surface area (Å²) in [5, 5.41) is 1.56. The Kier molecular flexibility index (Phi) is 5.96. The Labute approximate surface area is 171 Å². The lowest BCUT2D eigenvalue weighted by Crippen LogP contribution is -1.90. The molecule has 0 saturated carbocycles. The molecule has 0 aliphatic rings. The van der Waals surface area contributed by atoms with Crippen LogP contribution in [0, 0.1) is 13.1 Å². The maximum Gasteiger partial charge on any atom is 0.287 e. The average Bonchev–Trinajstić information content (AvgIpc) is 3.33. The molecule has 0 spiro atoms. The highest BCUT2D eigenvalue weighted by Gasteiger charge is 2.12. The minimum absolute atomic E-state index is 0.376. The Morgan fingerprint density at radius 1 is 0.963 bits per heavy atom. The predicted octanol–water partition coefficient (Wildman–Crippen LogP) is 4.77. The highest BCUT2D eigenvalue weighted by atomic mass is 79.9. The van der Waals surface area contributed by atoms with E-state index in [9.17, 15) is 0 Å². The monoisotopic (exact) mass is 458 g/mol. The van der Waals surface area contributed by atoms with Gasteiger partial charge in [0.1, 0.15) is 4.60 Å². The van der Waals surface area contributed by atoms with Gasteiger partial charge in [-0.15, -0.1) is 9.97 Å². The van der Waals surface area contributed by atoms with E-state index in [2.05, 4.69) is 45.6 Å². The summed E-state index contributed by atoms with van der Waals surface area (Å²) in [6.07, 6.45) is 12.4. The summed E-state index contributed by atoms with van der Waals surface area (Å²) in [7, 11) is 0. The first-order chi connectivity index (χ1) is 13.1. The fraction of sp³-hybridized carbons (Fsp3) is 0.125. The lowest BCUT2D eigenvalue weighted by atomic mass is 10.6. The van der Waals surface area contributed by atoms with Crippen LogP contribution in [0.1, 0.15) is 0 Å². The van der Waals surface area contributed by atoms with E-state index in [4.69, 9.17) is 13.1 Å². The SMILES string of the molecule is [C-]#[N+]c1cn2c(Br)cnc2c(SC)n1.[C-]#[N+]c1cn2ccnc2c(SC)n1. The number of aromatic nitrogens is 6. The van der Waals surface area contributed by atoms with Crippen LogP contribution in [0.15, 0.2) is 45.6 Å². The molecule has 0 atom stereocenters. The largest absolute Gasteiger partial charge is 0.359 e. The molecule has 0 N–H and O–H groups in total. The molecule has 0 bridgehead atoms. The van der Waals surface area contributed by atoms with Gasteiger partial charge in [0.25, 0.3) is 11.6 Å². The normalized spacial score (nSPS) is 10.3. The Balaban J connectivity index is 0.000000156. The first-order valence-corrected chi connectivity index (χ1v) is 10.6. The van der Waals surface area contributed by atoms with Crippen molar-refractivity contribution in [2.75, 3.05) is 12.5 Å². The highest BCUT2D eigenvalue weighted by molar-refractivity contribution is 9.10. The van der Waals surface area contributed by atoms with E-state index in [0.717, 1.165) is 25.9 Å². The van der Waals surface area contributed by atoms with Crippen LogP contribution in [0.4, 0.5) is 11.6 Å². The van der Waals surface area contributed by atoms with E-state index in [1.807, 2.05) is 27.5 Å². The fourth-order valence-corrected chi connectivity index (χ4v) is 3.61. The third-order valence-electron chi connectivity index (χ3n) is 3.35. The number of halogens is 1. The molecule has 134 valence electrons. The number of hydrogen-bond acceptors (Lipinski definition) is 6. The molecule has 0 unspecified atom stereocenters. The molecule has 4 aromatic heterocycles. The van der Waals surface area contributed by atoms with Gasteiger partial charge in [0.2, 0.25) is 10.1 Å². The topological polar surface area (TPSA) is 69.1 Å². The lowest BCUT2D eigenvalue weighted by molar-refractivity contribution is 1.04. The maximum atomic E-state index is 6.92. The third-order valence-corrected chi connectivity index (χ3v) is 5.26. The number of nitrogens with zero attached hydrogens (tertiary/aromatic N) is 8. The van der Waals surface area contributed by atoms with Crippen molar-refractivity contribution in [1.29, 1.82) is 0 Å². The summed E-state index contributed by atoms with van der Waals surface area (Å²) in [4.78, 5) is 23.2. The zero-order valence-corrected chi connectivity index (χ0v) is 17.4. The summed E-state index contributed by atoms with van der Waals surface area (Å²) in [5.41, 5.74) is 1.58. The maximum absolute atomic E-state index is 6.92. The van der Waals surface area contributed by atoms with Crippen molar-refractivity contribution in [3.63, 3.8) is 0 Å². The van der Waals surface area contributed by atoms with E-state index in [1.165, 1.54) is 23.5 Å². The zero-order chi connectivity index (χ0) is 19.4. The van der Waals surface area contributed by atoms with Gasteiger partial charge in [-0.2, -0.15) is 0 Å². The molecule has 0 aromatic carbocycles. The van der Waals surface area contributed by atoms with Crippen LogP contribution in [-0.4, -0.2) is 41.2 Å². The van der Waals surface area contributed by atoms with Gasteiger partial charge in [-0.3, -0.25) is 4.40 Å². The molecule has 11 heteroatoms. The van der Waals surface area contributed by atoms with Crippen LogP contribution < -0.4 is 0 Å². The first-order valence-electron chi connectivity index (χ1n) is 7.31. The summed E-state index contributed by atoms with van der Waals surface area (Å²) in [6.45, 7) is 13.8. The zero-order valence-electron chi connectivity index (χ0n) is 14.2. The summed E-state index contributed by atoms with van der Waals surface area (Å²) in [6, 6.07) is 0. The quantitative estimate of drug-likeness (QED) is 0.318. The molecule has 4 heterocycles. The molecule has 0 amide bonds. The van der Waals surface area contributed by atoms with Crippen molar-refractivity contribution >= 4 is 62.4 Å². The fourth-order valence-electron chi connectivity index (χ4n) is 2.19. The van der Waals surface area contributed by atoms with Crippen molar-refractivity contribution in [3.8, 4) is 0 Å². The Morgan fingerprint density at radius 2 is 1.59 bits per heavy atom. The van der Waals surface area contributed by atoms with Crippen molar-refractivity contribution in [1.82, 2.24) is 28.7 Å². The van der Waals surface area contributed by atoms with Crippen LogP contribution in [0.3, 0.4) is 0 Å². The molecule has 0 saturated heterocycles. The number of fused-ring (bicyclic) bond motifs is 2. The lowest BCUT2D eigenvalue weighted by Gasteiger charge is -1.98. The van der Waals surface area contributed by atoms with E-state index < -0.39 is 0 Å². The number of rotatable bonds is 2. The Morgan fingerprint density at radius 3 is 2.22 bits per heavy atom. The minimum atomic E-state index is 0.376. The molecule has 0 fully saturated rings. The Hall–Kier alpha value is -2.60. The van der Waals surface area contributed by atoms with Crippen molar-refractivity contribution in [2.24, 2.45) is 0 Å². The van der Waals surface area contributed by atoms with Crippen molar-refractivity contribution < 1.29 is 0 Å². The molecule has 4 aromatic rings. The second-order valence-electron chi connectivity index (χ2n) is 4.87. The third kappa shape index (κ3) is 3.90. The molecule has 8 nitrogen and oxygen atoms in total. The summed E-state index contributed by atoms with van der Waals surface area (Å²) in [5.74, 6) is 0.774. The molecule has 4 rings (SSSR count). The molecule has 0 aliphatic heterocycles. The van der Waals surface area contributed by atoms with E-state index >= 15 is 0 Å². The Bertz CT molecular complexity index is 1200. The van der Waals surface area contributed by atoms with Gasteiger partial charge in [0.15, 0.2) is 11.3 Å². The van der Waals surface area contributed by atoms with Crippen molar-refractivity contribution in [3.05, 3.63) is 58.4 Å². The highest BCUT2D eigenvalue weighted by Crippen LogP contribution is 2.25. The smallest absolute Gasteiger partial charge is 0.287 e. The van der Waals surface area contributed by atoms with Gasteiger partial charge >= 0.3 is 0 Å². The van der Waals surface area contributed by atoms with Gasteiger partial charge in [0.05, 0.1) is 6.20 Å². The summed E-state index contributed by atoms with van der Waals surface area (Å²) >= 11 is 6.33.